The number of sulfone groups is 1. The molecule has 0 unspecified atom stereocenters. The SMILES string of the molecule is CS(=O)(=O)c1ccc2c(c1)[C@@H](CC(=O)NC(=N)N)N(CC(F)(F)F)C2=O. The molecule has 1 atom stereocenters. The molecule has 1 aromatic carbocycles. The van der Waals surface area contributed by atoms with Crippen molar-refractivity contribution in [3.05, 3.63) is 29.3 Å². The van der Waals surface area contributed by atoms with Gasteiger partial charge in [-0.05, 0) is 23.8 Å². The largest absolute Gasteiger partial charge is 0.406 e. The van der Waals surface area contributed by atoms with Gasteiger partial charge in [-0.2, -0.15) is 13.2 Å². The monoisotopic (exact) mass is 392 g/mol. The maximum absolute atomic E-state index is 12.8. The van der Waals surface area contributed by atoms with E-state index in [-0.39, 0.29) is 16.0 Å². The maximum atomic E-state index is 12.8. The molecule has 0 bridgehead atoms. The van der Waals surface area contributed by atoms with Crippen molar-refractivity contribution >= 4 is 27.6 Å². The smallest absolute Gasteiger partial charge is 0.370 e. The number of fused-ring (bicyclic) bond motifs is 1. The number of carbonyl (C=O) groups excluding carboxylic acids is 2. The number of alkyl halides is 3. The van der Waals surface area contributed by atoms with Gasteiger partial charge in [0.1, 0.15) is 6.54 Å². The number of halogens is 3. The molecule has 1 aromatic rings. The Morgan fingerprint density at radius 2 is 2.00 bits per heavy atom. The number of nitrogens with one attached hydrogen (secondary N) is 2. The number of guanidine groups is 1. The highest BCUT2D eigenvalue weighted by molar-refractivity contribution is 7.90. The van der Waals surface area contributed by atoms with Gasteiger partial charge in [-0.25, -0.2) is 8.42 Å². The van der Waals surface area contributed by atoms with Gasteiger partial charge in [0.05, 0.1) is 17.4 Å². The summed E-state index contributed by atoms with van der Waals surface area (Å²) >= 11 is 0. The molecule has 26 heavy (non-hydrogen) atoms. The Bertz CT molecular complexity index is 883. The molecule has 2 amide bonds. The Hall–Kier alpha value is -2.63. The van der Waals surface area contributed by atoms with Crippen LogP contribution in [0.5, 0.6) is 0 Å². The molecular weight excluding hydrogens is 377 g/mol. The van der Waals surface area contributed by atoms with Crippen LogP contribution in [-0.2, 0) is 14.6 Å². The van der Waals surface area contributed by atoms with Gasteiger partial charge >= 0.3 is 6.18 Å². The van der Waals surface area contributed by atoms with Gasteiger partial charge in [0.2, 0.25) is 5.91 Å². The first-order chi connectivity index (χ1) is 11.8. The summed E-state index contributed by atoms with van der Waals surface area (Å²) in [6.07, 6.45) is -4.41. The van der Waals surface area contributed by atoms with E-state index in [0.29, 0.717) is 4.90 Å². The van der Waals surface area contributed by atoms with Gasteiger partial charge in [-0.15, -0.1) is 0 Å². The Morgan fingerprint density at radius 3 is 2.50 bits per heavy atom. The van der Waals surface area contributed by atoms with Crippen molar-refractivity contribution in [3.63, 3.8) is 0 Å². The van der Waals surface area contributed by atoms with Crippen molar-refractivity contribution in [2.24, 2.45) is 5.73 Å². The molecule has 0 saturated heterocycles. The molecule has 0 radical (unpaired) electrons. The van der Waals surface area contributed by atoms with E-state index < -0.39 is 52.8 Å². The standard InChI is InChI=1S/C14H15F3N4O4S/c1-26(24,25)7-2-3-8-9(4-7)10(5-11(22)20-13(18)19)21(12(8)23)6-14(15,16)17/h2-4,10H,5-6H2,1H3,(H4,18,19,20,22)/t10-/m1/s1. The normalized spacial score (nSPS) is 17.2. The number of amides is 2. The Labute approximate surface area is 146 Å². The Kier molecular flexibility index (Phi) is 4.99. The van der Waals surface area contributed by atoms with Crippen LogP contribution in [0, 0.1) is 5.41 Å². The summed E-state index contributed by atoms with van der Waals surface area (Å²) < 4.78 is 61.9. The van der Waals surface area contributed by atoms with Crippen molar-refractivity contribution < 1.29 is 31.2 Å². The predicted octanol–water partition coefficient (Wildman–Crippen LogP) is 0.549. The molecule has 2 rings (SSSR count). The van der Waals surface area contributed by atoms with E-state index in [4.69, 9.17) is 11.1 Å². The van der Waals surface area contributed by atoms with Crippen LogP contribution in [0.3, 0.4) is 0 Å². The minimum Gasteiger partial charge on any atom is -0.370 e. The molecule has 8 nitrogen and oxygen atoms in total. The van der Waals surface area contributed by atoms with Crippen molar-refractivity contribution in [1.82, 2.24) is 10.2 Å². The third kappa shape index (κ3) is 4.31. The fourth-order valence-corrected chi connectivity index (χ4v) is 3.33. The van der Waals surface area contributed by atoms with Crippen LogP contribution in [0.25, 0.3) is 0 Å². The summed E-state index contributed by atoms with van der Waals surface area (Å²) in [6.45, 7) is -1.60. The molecule has 0 aromatic heterocycles. The molecule has 0 saturated carbocycles. The van der Waals surface area contributed by atoms with Gasteiger partial charge in [0.15, 0.2) is 15.8 Å². The van der Waals surface area contributed by atoms with E-state index in [1.165, 1.54) is 0 Å². The number of carbonyl (C=O) groups is 2. The van der Waals surface area contributed by atoms with Crippen molar-refractivity contribution in [2.75, 3.05) is 12.8 Å². The van der Waals surface area contributed by atoms with E-state index in [1.807, 2.05) is 5.32 Å². The van der Waals surface area contributed by atoms with Gasteiger partial charge < -0.3 is 10.6 Å². The highest BCUT2D eigenvalue weighted by Crippen LogP contribution is 2.39. The molecule has 0 aliphatic carbocycles. The molecule has 0 fully saturated rings. The highest BCUT2D eigenvalue weighted by Gasteiger charge is 2.44. The van der Waals surface area contributed by atoms with E-state index in [9.17, 15) is 31.2 Å². The van der Waals surface area contributed by atoms with Gasteiger partial charge in [-0.3, -0.25) is 20.3 Å². The number of rotatable bonds is 4. The lowest BCUT2D eigenvalue weighted by atomic mass is 10.0. The second-order valence-corrected chi connectivity index (χ2v) is 7.77. The third-order valence-electron chi connectivity index (χ3n) is 3.68. The summed E-state index contributed by atoms with van der Waals surface area (Å²) in [5.74, 6) is -2.54. The summed E-state index contributed by atoms with van der Waals surface area (Å²) in [7, 11) is -3.67. The van der Waals surface area contributed by atoms with Crippen LogP contribution in [0.4, 0.5) is 13.2 Å². The first-order valence-corrected chi connectivity index (χ1v) is 9.04. The zero-order valence-electron chi connectivity index (χ0n) is 13.4. The van der Waals surface area contributed by atoms with Crippen LogP contribution in [0.1, 0.15) is 28.4 Å². The molecule has 1 heterocycles. The van der Waals surface area contributed by atoms with Gasteiger partial charge in [0.25, 0.3) is 5.91 Å². The Balaban J connectivity index is 2.49. The fraction of sp³-hybridized carbons (Fsp3) is 0.357. The van der Waals surface area contributed by atoms with Crippen LogP contribution in [0.2, 0.25) is 0 Å². The van der Waals surface area contributed by atoms with Crippen LogP contribution in [0.15, 0.2) is 23.1 Å². The second-order valence-electron chi connectivity index (χ2n) is 5.75. The topological polar surface area (TPSA) is 133 Å². The van der Waals surface area contributed by atoms with Gasteiger partial charge in [-0.1, -0.05) is 0 Å². The summed E-state index contributed by atoms with van der Waals surface area (Å²) in [4.78, 5) is 24.4. The lowest BCUT2D eigenvalue weighted by Gasteiger charge is -2.26. The molecule has 4 N–H and O–H groups in total. The maximum Gasteiger partial charge on any atom is 0.406 e. The first kappa shape index (κ1) is 19.7. The predicted molar refractivity (Wildman–Crippen MR) is 84.1 cm³/mol. The van der Waals surface area contributed by atoms with E-state index in [1.54, 1.807) is 0 Å². The van der Waals surface area contributed by atoms with Crippen LogP contribution in [-0.4, -0.2) is 50.1 Å². The number of hydrogen-bond acceptors (Lipinski definition) is 5. The number of nitrogens with two attached hydrogens (primary N) is 1. The molecule has 12 heteroatoms. The van der Waals surface area contributed by atoms with Crippen molar-refractivity contribution in [2.45, 2.75) is 23.5 Å². The number of benzene rings is 1. The molecular formula is C14H15F3N4O4S. The highest BCUT2D eigenvalue weighted by atomic mass is 32.2. The average molecular weight is 392 g/mol. The van der Waals surface area contributed by atoms with Crippen molar-refractivity contribution in [3.8, 4) is 0 Å². The fourth-order valence-electron chi connectivity index (χ4n) is 2.68. The molecule has 1 aliphatic heterocycles. The first-order valence-electron chi connectivity index (χ1n) is 7.15. The second kappa shape index (κ2) is 6.59. The quantitative estimate of drug-likeness (QED) is 0.508. The minimum absolute atomic E-state index is 0.000812. The van der Waals surface area contributed by atoms with Crippen LogP contribution < -0.4 is 11.1 Å². The lowest BCUT2D eigenvalue weighted by Crippen LogP contribution is -2.41. The van der Waals surface area contributed by atoms with E-state index in [0.717, 1.165) is 24.5 Å². The summed E-state index contributed by atoms with van der Waals surface area (Å²) in [5, 5.41) is 8.93. The minimum atomic E-state index is -4.72. The van der Waals surface area contributed by atoms with Gasteiger partial charge in [0, 0.05) is 11.8 Å². The van der Waals surface area contributed by atoms with Crippen LogP contribution >= 0.6 is 0 Å². The zero-order valence-corrected chi connectivity index (χ0v) is 14.2. The van der Waals surface area contributed by atoms with Crippen molar-refractivity contribution in [1.29, 1.82) is 5.41 Å². The average Bonchev–Trinajstić information content (AvgIpc) is 2.69. The third-order valence-corrected chi connectivity index (χ3v) is 4.79. The Morgan fingerprint density at radius 1 is 1.38 bits per heavy atom. The molecule has 0 spiro atoms. The lowest BCUT2D eigenvalue weighted by molar-refractivity contribution is -0.145. The molecule has 142 valence electrons. The summed E-state index contributed by atoms with van der Waals surface area (Å²) in [5.41, 5.74) is 4.91. The number of hydrogen-bond donors (Lipinski definition) is 3. The number of nitrogens with zero attached hydrogens (tertiary/aromatic N) is 1. The summed E-state index contributed by atoms with van der Waals surface area (Å²) in [6, 6.07) is 2.00. The van der Waals surface area contributed by atoms with E-state index in [2.05, 4.69) is 0 Å². The zero-order chi connectivity index (χ0) is 19.9. The molecule has 1 aliphatic rings. The van der Waals surface area contributed by atoms with E-state index >= 15 is 0 Å².